The number of carbonyl (C=O) groups is 1. The van der Waals surface area contributed by atoms with Gasteiger partial charge in [0.2, 0.25) is 10.0 Å². The number of carbonyl (C=O) groups excluding carboxylic acids is 1. The Labute approximate surface area is 183 Å². The van der Waals surface area contributed by atoms with Crippen molar-refractivity contribution in [3.8, 4) is 11.4 Å². The number of nitrogens with one attached hydrogen (secondary N) is 2. The molecule has 2 N–H and O–H groups in total. The first-order valence-corrected chi connectivity index (χ1v) is 11.2. The van der Waals surface area contributed by atoms with Gasteiger partial charge in [0, 0.05) is 24.5 Å². The first-order valence-electron chi connectivity index (χ1n) is 8.97. The van der Waals surface area contributed by atoms with E-state index in [0.717, 1.165) is 6.26 Å². The minimum Gasteiger partial charge on any atom is -0.441 e. The van der Waals surface area contributed by atoms with Crippen molar-refractivity contribution >= 4 is 39.2 Å². The highest BCUT2D eigenvalue weighted by Gasteiger charge is 2.20. The monoisotopic (exact) mass is 465 g/mol. The number of ether oxygens (including phenoxy) is 1. The maximum absolute atomic E-state index is 12.5. The number of nitrogens with zero attached hydrogens (tertiary/aromatic N) is 5. The second kappa shape index (κ2) is 8.86. The Bertz CT molecular complexity index is 1210. The fraction of sp³-hybridized carbons (Fsp3) is 0.278. The molecule has 3 aromatic rings. The maximum atomic E-state index is 12.5. The molecule has 0 aromatic carbocycles. The van der Waals surface area contributed by atoms with E-state index in [1.54, 1.807) is 33.0 Å². The number of pyridine rings is 2. The van der Waals surface area contributed by atoms with E-state index >= 15 is 0 Å². The minimum atomic E-state index is -3.42. The largest absolute Gasteiger partial charge is 0.441 e. The van der Waals surface area contributed by atoms with Gasteiger partial charge in [0.05, 0.1) is 28.9 Å². The van der Waals surface area contributed by atoms with Crippen LogP contribution in [0.3, 0.4) is 0 Å². The summed E-state index contributed by atoms with van der Waals surface area (Å²) in [5.74, 6) is 0.259. The molecule has 13 heteroatoms. The van der Waals surface area contributed by atoms with E-state index in [4.69, 9.17) is 16.3 Å². The highest BCUT2D eigenvalue weighted by atomic mass is 35.5. The van der Waals surface area contributed by atoms with Gasteiger partial charge in [0.15, 0.2) is 11.5 Å². The molecule has 0 aliphatic rings. The van der Waals surface area contributed by atoms with Crippen molar-refractivity contribution in [2.45, 2.75) is 20.0 Å². The smallest absolute Gasteiger partial charge is 0.413 e. The molecular weight excluding hydrogens is 446 g/mol. The van der Waals surface area contributed by atoms with Crippen molar-refractivity contribution < 1.29 is 17.9 Å². The van der Waals surface area contributed by atoms with Crippen LogP contribution in [0.1, 0.15) is 24.3 Å². The Balaban J connectivity index is 1.76. The number of aromatic nitrogens is 5. The van der Waals surface area contributed by atoms with Crippen LogP contribution < -0.4 is 10.0 Å². The number of hydrogen-bond donors (Lipinski definition) is 2. The van der Waals surface area contributed by atoms with Gasteiger partial charge in [-0.15, -0.1) is 5.10 Å². The standard InChI is InChI=1S/C18H20ClN7O4S/c1-10-14(7-12(19)8-20-10)11(2)30-18(27)22-17-16(23-25-26(17)3)15-6-5-13(9-21-15)24-31(4,28)29/h5-9,11,24H,1-4H3,(H,22,27)/t11-/m1/s1. The zero-order valence-corrected chi connectivity index (χ0v) is 18.7. The summed E-state index contributed by atoms with van der Waals surface area (Å²) in [5.41, 5.74) is 2.34. The first-order chi connectivity index (χ1) is 14.5. The van der Waals surface area contributed by atoms with Crippen LogP contribution in [0.5, 0.6) is 0 Å². The summed E-state index contributed by atoms with van der Waals surface area (Å²) in [5, 5.41) is 11.0. The Morgan fingerprint density at radius 2 is 2.00 bits per heavy atom. The predicted octanol–water partition coefficient (Wildman–Crippen LogP) is 2.92. The van der Waals surface area contributed by atoms with Gasteiger partial charge < -0.3 is 4.74 Å². The van der Waals surface area contributed by atoms with Crippen molar-refractivity contribution in [2.75, 3.05) is 16.3 Å². The number of aryl methyl sites for hydroxylation is 2. The summed E-state index contributed by atoms with van der Waals surface area (Å²) >= 11 is 5.99. The predicted molar refractivity (Wildman–Crippen MR) is 115 cm³/mol. The van der Waals surface area contributed by atoms with E-state index in [9.17, 15) is 13.2 Å². The molecule has 11 nitrogen and oxygen atoms in total. The lowest BCUT2D eigenvalue weighted by atomic mass is 10.1. The van der Waals surface area contributed by atoms with Gasteiger partial charge in [-0.3, -0.25) is 20.0 Å². The molecule has 0 spiro atoms. The molecule has 3 rings (SSSR count). The highest BCUT2D eigenvalue weighted by molar-refractivity contribution is 7.92. The molecule has 164 valence electrons. The Kier molecular flexibility index (Phi) is 6.41. The molecule has 3 aromatic heterocycles. The molecule has 31 heavy (non-hydrogen) atoms. The van der Waals surface area contributed by atoms with Crippen LogP contribution in [0, 0.1) is 6.92 Å². The normalized spacial score (nSPS) is 12.3. The Morgan fingerprint density at radius 3 is 2.65 bits per heavy atom. The van der Waals surface area contributed by atoms with E-state index in [1.807, 2.05) is 0 Å². The van der Waals surface area contributed by atoms with Crippen LogP contribution >= 0.6 is 11.6 Å². The van der Waals surface area contributed by atoms with Crippen LogP contribution in [0.15, 0.2) is 30.6 Å². The van der Waals surface area contributed by atoms with Gasteiger partial charge in [-0.05, 0) is 32.0 Å². The third-order valence-electron chi connectivity index (χ3n) is 4.17. The molecule has 0 unspecified atom stereocenters. The van der Waals surface area contributed by atoms with Crippen molar-refractivity contribution in [1.82, 2.24) is 25.0 Å². The van der Waals surface area contributed by atoms with Crippen molar-refractivity contribution in [3.05, 3.63) is 46.9 Å². The van der Waals surface area contributed by atoms with Crippen molar-refractivity contribution in [1.29, 1.82) is 0 Å². The molecule has 0 fully saturated rings. The zero-order valence-electron chi connectivity index (χ0n) is 17.1. The SMILES string of the molecule is Cc1ncc(Cl)cc1[C@@H](C)OC(=O)Nc1c(-c2ccc(NS(C)(=O)=O)cn2)nnn1C. The molecule has 0 aliphatic heterocycles. The molecule has 3 heterocycles. The average Bonchev–Trinajstić information content (AvgIpc) is 3.03. The molecule has 0 saturated heterocycles. The number of sulfonamides is 1. The molecular formula is C18H20ClN7O4S. The molecule has 0 bridgehead atoms. The lowest BCUT2D eigenvalue weighted by Crippen LogP contribution is -2.19. The summed E-state index contributed by atoms with van der Waals surface area (Å²) < 4.78 is 31.8. The van der Waals surface area contributed by atoms with Crippen molar-refractivity contribution in [3.63, 3.8) is 0 Å². The Morgan fingerprint density at radius 1 is 1.26 bits per heavy atom. The highest BCUT2D eigenvalue weighted by Crippen LogP contribution is 2.26. The van der Waals surface area contributed by atoms with Gasteiger partial charge in [-0.25, -0.2) is 17.9 Å². The summed E-state index contributed by atoms with van der Waals surface area (Å²) in [6, 6.07) is 4.77. The van der Waals surface area contributed by atoms with E-state index in [2.05, 4.69) is 30.3 Å². The summed E-state index contributed by atoms with van der Waals surface area (Å²) in [7, 11) is -1.83. The van der Waals surface area contributed by atoms with E-state index in [1.165, 1.54) is 23.1 Å². The van der Waals surface area contributed by atoms with E-state index in [0.29, 0.717) is 33.4 Å². The van der Waals surface area contributed by atoms with E-state index < -0.39 is 22.2 Å². The van der Waals surface area contributed by atoms with Crippen LogP contribution in [-0.4, -0.2) is 45.7 Å². The maximum Gasteiger partial charge on any atom is 0.413 e. The molecule has 0 radical (unpaired) electrons. The molecule has 0 saturated carbocycles. The van der Waals surface area contributed by atoms with E-state index in [-0.39, 0.29) is 5.82 Å². The molecule has 0 aliphatic carbocycles. The van der Waals surface area contributed by atoms with Crippen LogP contribution in [0.25, 0.3) is 11.4 Å². The lowest BCUT2D eigenvalue weighted by Gasteiger charge is -2.16. The number of rotatable bonds is 6. The number of amides is 1. The zero-order chi connectivity index (χ0) is 22.8. The van der Waals surface area contributed by atoms with Crippen LogP contribution in [0.4, 0.5) is 16.3 Å². The van der Waals surface area contributed by atoms with Crippen LogP contribution in [0.2, 0.25) is 5.02 Å². The summed E-state index contributed by atoms with van der Waals surface area (Å²) in [6.45, 7) is 3.50. The number of halogens is 1. The third kappa shape index (κ3) is 5.67. The fourth-order valence-electron chi connectivity index (χ4n) is 2.76. The quantitative estimate of drug-likeness (QED) is 0.566. The molecule has 1 amide bonds. The molecule has 1 atom stereocenters. The van der Waals surface area contributed by atoms with Gasteiger partial charge in [-0.2, -0.15) is 0 Å². The second-order valence-corrected chi connectivity index (χ2v) is 8.90. The average molecular weight is 466 g/mol. The van der Waals surface area contributed by atoms with Gasteiger partial charge in [0.25, 0.3) is 0 Å². The fourth-order valence-corrected chi connectivity index (χ4v) is 3.48. The van der Waals surface area contributed by atoms with Gasteiger partial charge in [0.1, 0.15) is 6.10 Å². The third-order valence-corrected chi connectivity index (χ3v) is 4.98. The number of anilines is 2. The number of hydrogen-bond acceptors (Lipinski definition) is 8. The van der Waals surface area contributed by atoms with Gasteiger partial charge >= 0.3 is 6.09 Å². The topological polar surface area (TPSA) is 141 Å². The van der Waals surface area contributed by atoms with Gasteiger partial charge in [-0.1, -0.05) is 16.8 Å². The lowest BCUT2D eigenvalue weighted by molar-refractivity contribution is 0.120. The Hall–Kier alpha value is -3.25. The summed E-state index contributed by atoms with van der Waals surface area (Å²) in [6.07, 6.45) is 2.57. The summed E-state index contributed by atoms with van der Waals surface area (Å²) in [4.78, 5) is 20.8. The minimum absolute atomic E-state index is 0.259. The second-order valence-electron chi connectivity index (χ2n) is 6.72. The first kappa shape index (κ1) is 22.4. The van der Waals surface area contributed by atoms with Crippen molar-refractivity contribution in [2.24, 2.45) is 7.05 Å². The van der Waals surface area contributed by atoms with Crippen LogP contribution in [-0.2, 0) is 21.8 Å².